The van der Waals surface area contributed by atoms with Gasteiger partial charge in [-0.3, -0.25) is 4.79 Å². The molecule has 0 bridgehead atoms. The first-order chi connectivity index (χ1) is 11.5. The van der Waals surface area contributed by atoms with Crippen LogP contribution in [0.4, 0.5) is 22.7 Å². The average Bonchev–Trinajstić information content (AvgIpc) is 3.03. The molecule has 0 aliphatic heterocycles. The van der Waals surface area contributed by atoms with Crippen molar-refractivity contribution in [3.05, 3.63) is 64.5 Å². The van der Waals surface area contributed by atoms with Crippen molar-refractivity contribution in [3.63, 3.8) is 0 Å². The quantitative estimate of drug-likeness (QED) is 0.424. The van der Waals surface area contributed by atoms with Gasteiger partial charge >= 0.3 is 0 Å². The van der Waals surface area contributed by atoms with Crippen LogP contribution in [0.3, 0.4) is 0 Å². The van der Waals surface area contributed by atoms with Crippen LogP contribution in [0, 0.1) is 3.57 Å². The summed E-state index contributed by atoms with van der Waals surface area (Å²) in [6.45, 7) is 1.49. The van der Waals surface area contributed by atoms with Crippen molar-refractivity contribution in [2.24, 2.45) is 0 Å². The van der Waals surface area contributed by atoms with Crippen molar-refractivity contribution in [2.75, 3.05) is 16.4 Å². The topological polar surface area (TPSA) is 72.1 Å². The molecule has 0 saturated heterocycles. The van der Waals surface area contributed by atoms with Crippen LogP contribution in [0.5, 0.6) is 0 Å². The molecule has 5 nitrogen and oxygen atoms in total. The maximum atomic E-state index is 11.4. The fraction of sp³-hybridized carbons (Fsp3) is 0.0556. The molecule has 0 spiro atoms. The van der Waals surface area contributed by atoms with Crippen LogP contribution < -0.4 is 16.4 Å². The molecule has 122 valence electrons. The van der Waals surface area contributed by atoms with Gasteiger partial charge in [-0.15, -0.1) is 0 Å². The van der Waals surface area contributed by atoms with Gasteiger partial charge in [0.1, 0.15) is 0 Å². The predicted molar refractivity (Wildman–Crippen MR) is 107 cm³/mol. The number of aromatic nitrogens is 1. The lowest BCUT2D eigenvalue weighted by atomic mass is 10.2. The van der Waals surface area contributed by atoms with Gasteiger partial charge in [-0.2, -0.15) is 0 Å². The zero-order valence-corrected chi connectivity index (χ0v) is 15.2. The molecule has 6 heteroatoms. The monoisotopic (exact) mass is 432 g/mol. The molecule has 3 aromatic rings. The number of nitrogens with two attached hydrogens (primary N) is 1. The second kappa shape index (κ2) is 6.96. The SMILES string of the molecule is CC(=O)Nc1cc(Nc2ccc(I)cc2N)cc(-n2cccc2)c1. The number of anilines is 4. The number of hydrogen-bond donors (Lipinski definition) is 3. The van der Waals surface area contributed by atoms with Gasteiger partial charge in [-0.1, -0.05) is 0 Å². The minimum Gasteiger partial charge on any atom is -0.397 e. The van der Waals surface area contributed by atoms with E-state index in [1.807, 2.05) is 65.5 Å². The van der Waals surface area contributed by atoms with E-state index in [0.717, 1.165) is 26.3 Å². The number of nitrogens with one attached hydrogen (secondary N) is 2. The van der Waals surface area contributed by atoms with E-state index in [1.54, 1.807) is 0 Å². The number of halogens is 1. The summed E-state index contributed by atoms with van der Waals surface area (Å²) in [5.41, 5.74) is 10.1. The lowest BCUT2D eigenvalue weighted by molar-refractivity contribution is -0.114. The summed E-state index contributed by atoms with van der Waals surface area (Å²) in [4.78, 5) is 11.4. The Balaban J connectivity index is 1.99. The van der Waals surface area contributed by atoms with Gasteiger partial charge in [0.15, 0.2) is 0 Å². The maximum Gasteiger partial charge on any atom is 0.221 e. The van der Waals surface area contributed by atoms with Crippen LogP contribution in [0.15, 0.2) is 60.9 Å². The van der Waals surface area contributed by atoms with E-state index in [4.69, 9.17) is 5.73 Å². The Morgan fingerprint density at radius 1 is 1.08 bits per heavy atom. The van der Waals surface area contributed by atoms with E-state index in [9.17, 15) is 4.79 Å². The highest BCUT2D eigenvalue weighted by Gasteiger charge is 2.06. The van der Waals surface area contributed by atoms with Crippen molar-refractivity contribution in [2.45, 2.75) is 6.92 Å². The molecule has 3 rings (SSSR count). The number of nitrogen functional groups attached to an aromatic ring is 1. The van der Waals surface area contributed by atoms with Crippen LogP contribution in [-0.2, 0) is 4.79 Å². The fourth-order valence-corrected chi connectivity index (χ4v) is 2.93. The van der Waals surface area contributed by atoms with Crippen LogP contribution in [0.1, 0.15) is 6.92 Å². The first-order valence-corrected chi connectivity index (χ1v) is 8.47. The summed E-state index contributed by atoms with van der Waals surface area (Å²) < 4.78 is 3.06. The second-order valence-corrected chi connectivity index (χ2v) is 6.64. The highest BCUT2D eigenvalue weighted by molar-refractivity contribution is 14.1. The van der Waals surface area contributed by atoms with Gasteiger partial charge in [0, 0.05) is 39.9 Å². The van der Waals surface area contributed by atoms with E-state index < -0.39 is 0 Å². The highest BCUT2D eigenvalue weighted by Crippen LogP contribution is 2.28. The molecule has 1 heterocycles. The Morgan fingerprint density at radius 3 is 2.46 bits per heavy atom. The number of rotatable bonds is 4. The van der Waals surface area contributed by atoms with E-state index in [-0.39, 0.29) is 5.91 Å². The van der Waals surface area contributed by atoms with Crippen LogP contribution >= 0.6 is 22.6 Å². The summed E-state index contributed by atoms with van der Waals surface area (Å²) in [5, 5.41) is 6.15. The molecular formula is C18H17IN4O. The molecule has 0 saturated carbocycles. The summed E-state index contributed by atoms with van der Waals surface area (Å²) >= 11 is 2.23. The number of carbonyl (C=O) groups excluding carboxylic acids is 1. The first-order valence-electron chi connectivity index (χ1n) is 7.39. The van der Waals surface area contributed by atoms with Crippen molar-refractivity contribution < 1.29 is 4.79 Å². The molecule has 0 atom stereocenters. The average molecular weight is 432 g/mol. The zero-order chi connectivity index (χ0) is 17.1. The van der Waals surface area contributed by atoms with Crippen molar-refractivity contribution in [1.82, 2.24) is 4.57 Å². The van der Waals surface area contributed by atoms with Crippen molar-refractivity contribution in [3.8, 4) is 5.69 Å². The third-order valence-electron chi connectivity index (χ3n) is 3.43. The van der Waals surface area contributed by atoms with Gasteiger partial charge < -0.3 is 20.9 Å². The van der Waals surface area contributed by atoms with Crippen molar-refractivity contribution >= 4 is 51.2 Å². The second-order valence-electron chi connectivity index (χ2n) is 5.40. The number of amides is 1. The molecule has 1 amide bonds. The lowest BCUT2D eigenvalue weighted by Crippen LogP contribution is -2.07. The summed E-state index contributed by atoms with van der Waals surface area (Å²) in [6, 6.07) is 15.6. The Kier molecular flexibility index (Phi) is 4.75. The molecule has 24 heavy (non-hydrogen) atoms. The first kappa shape index (κ1) is 16.4. The Bertz CT molecular complexity index is 875. The number of hydrogen-bond acceptors (Lipinski definition) is 3. The van der Waals surface area contributed by atoms with Crippen LogP contribution in [0.2, 0.25) is 0 Å². The van der Waals surface area contributed by atoms with E-state index in [2.05, 4.69) is 33.2 Å². The molecule has 0 radical (unpaired) electrons. The Labute approximate surface area is 154 Å². The Morgan fingerprint density at radius 2 is 1.79 bits per heavy atom. The highest BCUT2D eigenvalue weighted by atomic mass is 127. The summed E-state index contributed by atoms with van der Waals surface area (Å²) in [5.74, 6) is -0.112. The minimum atomic E-state index is -0.112. The molecule has 0 aliphatic rings. The number of nitrogens with zero attached hydrogens (tertiary/aromatic N) is 1. The van der Waals surface area contributed by atoms with Crippen molar-refractivity contribution in [1.29, 1.82) is 0 Å². The van der Waals surface area contributed by atoms with Crippen LogP contribution in [0.25, 0.3) is 5.69 Å². The normalized spacial score (nSPS) is 10.4. The fourth-order valence-electron chi connectivity index (χ4n) is 2.42. The zero-order valence-electron chi connectivity index (χ0n) is 13.1. The minimum absolute atomic E-state index is 0.112. The summed E-state index contributed by atoms with van der Waals surface area (Å²) in [7, 11) is 0. The predicted octanol–water partition coefficient (Wildman–Crippen LogP) is 4.37. The number of benzene rings is 2. The van der Waals surface area contributed by atoms with E-state index >= 15 is 0 Å². The Hall–Kier alpha value is -2.48. The van der Waals surface area contributed by atoms with E-state index in [1.165, 1.54) is 6.92 Å². The molecule has 0 aliphatic carbocycles. The molecular weight excluding hydrogens is 415 g/mol. The van der Waals surface area contributed by atoms with Gasteiger partial charge in [0.25, 0.3) is 0 Å². The van der Waals surface area contributed by atoms with Gasteiger partial charge in [-0.05, 0) is 71.1 Å². The standard InChI is InChI=1S/C18H17IN4O/c1-12(24)21-14-9-15(11-16(10-14)23-6-2-3-7-23)22-18-5-4-13(19)8-17(18)20/h2-11,22H,20H2,1H3,(H,21,24). The lowest BCUT2D eigenvalue weighted by Gasteiger charge is -2.14. The van der Waals surface area contributed by atoms with E-state index in [0.29, 0.717) is 5.69 Å². The third kappa shape index (κ3) is 3.88. The van der Waals surface area contributed by atoms with Gasteiger partial charge in [0.05, 0.1) is 11.4 Å². The molecule has 1 aromatic heterocycles. The van der Waals surface area contributed by atoms with Gasteiger partial charge in [0.2, 0.25) is 5.91 Å². The summed E-state index contributed by atoms with van der Waals surface area (Å²) in [6.07, 6.45) is 3.91. The maximum absolute atomic E-state index is 11.4. The largest absolute Gasteiger partial charge is 0.397 e. The molecule has 0 fully saturated rings. The molecule has 4 N–H and O–H groups in total. The number of carbonyl (C=O) groups is 1. The van der Waals surface area contributed by atoms with Crippen LogP contribution in [-0.4, -0.2) is 10.5 Å². The van der Waals surface area contributed by atoms with Gasteiger partial charge in [-0.25, -0.2) is 0 Å². The molecule has 2 aromatic carbocycles. The third-order valence-corrected chi connectivity index (χ3v) is 4.10. The smallest absolute Gasteiger partial charge is 0.221 e. The molecule has 0 unspecified atom stereocenters.